The summed E-state index contributed by atoms with van der Waals surface area (Å²) in [4.78, 5) is 10.7. The van der Waals surface area contributed by atoms with E-state index in [9.17, 15) is 4.79 Å². The van der Waals surface area contributed by atoms with Gasteiger partial charge in [0.1, 0.15) is 0 Å². The molecule has 3 N–H and O–H groups in total. The molecule has 1 aliphatic heterocycles. The van der Waals surface area contributed by atoms with E-state index in [1.165, 1.54) is 0 Å². The van der Waals surface area contributed by atoms with E-state index in [2.05, 4.69) is 5.32 Å². The van der Waals surface area contributed by atoms with Gasteiger partial charge >= 0.3 is 0 Å². The second kappa shape index (κ2) is 6.43. The summed E-state index contributed by atoms with van der Waals surface area (Å²) in [7, 11) is 0. The number of carbonyl (C=O) groups is 1. The Hall–Kier alpha value is -1.75. The first kappa shape index (κ1) is 13.7. The van der Waals surface area contributed by atoms with Crippen LogP contribution in [-0.2, 0) is 4.79 Å². The van der Waals surface area contributed by atoms with Crippen LogP contribution in [0.2, 0.25) is 0 Å². The highest BCUT2D eigenvalue weighted by molar-refractivity contribution is 5.73. The summed E-state index contributed by atoms with van der Waals surface area (Å²) in [6.45, 7) is 3.99. The Balaban J connectivity index is 2.00. The van der Waals surface area contributed by atoms with Crippen LogP contribution >= 0.6 is 0 Å². The van der Waals surface area contributed by atoms with Gasteiger partial charge in [0.15, 0.2) is 11.5 Å². The molecule has 104 valence electrons. The zero-order valence-corrected chi connectivity index (χ0v) is 11.1. The van der Waals surface area contributed by atoms with Crippen molar-refractivity contribution in [1.29, 1.82) is 0 Å². The van der Waals surface area contributed by atoms with Gasteiger partial charge in [-0.05, 0) is 24.6 Å². The van der Waals surface area contributed by atoms with Gasteiger partial charge < -0.3 is 20.5 Å². The van der Waals surface area contributed by atoms with Gasteiger partial charge in [-0.25, -0.2) is 0 Å². The van der Waals surface area contributed by atoms with Crippen molar-refractivity contribution in [3.8, 4) is 11.5 Å². The number of amides is 1. The van der Waals surface area contributed by atoms with Crippen molar-refractivity contribution in [2.24, 2.45) is 5.73 Å². The average Bonchev–Trinajstić information content (AvgIpc) is 2.62. The molecular weight excluding hydrogens is 244 g/mol. The van der Waals surface area contributed by atoms with E-state index in [0.29, 0.717) is 26.2 Å². The number of primary amides is 1. The standard InChI is InChI=1S/C14H20N2O3/c1-10(16-6-5-14(15)17)11-3-4-12-13(9-11)19-8-2-7-18-12/h3-4,9-10,16H,2,5-8H2,1H3,(H2,15,17). The zero-order valence-electron chi connectivity index (χ0n) is 11.1. The molecule has 2 rings (SSSR count). The molecule has 1 aliphatic rings. The molecule has 0 radical (unpaired) electrons. The van der Waals surface area contributed by atoms with Gasteiger partial charge in [-0.1, -0.05) is 6.07 Å². The number of benzene rings is 1. The molecule has 1 atom stereocenters. The maximum absolute atomic E-state index is 10.7. The monoisotopic (exact) mass is 264 g/mol. The molecule has 0 aromatic heterocycles. The Bertz CT molecular complexity index is 448. The quantitative estimate of drug-likeness (QED) is 0.842. The summed E-state index contributed by atoms with van der Waals surface area (Å²) >= 11 is 0. The predicted molar refractivity (Wildman–Crippen MR) is 72.3 cm³/mol. The molecule has 0 spiro atoms. The topological polar surface area (TPSA) is 73.6 Å². The van der Waals surface area contributed by atoms with E-state index in [4.69, 9.17) is 15.2 Å². The Morgan fingerprint density at radius 2 is 2.11 bits per heavy atom. The smallest absolute Gasteiger partial charge is 0.218 e. The fourth-order valence-electron chi connectivity index (χ4n) is 1.98. The minimum absolute atomic E-state index is 0.136. The van der Waals surface area contributed by atoms with Crippen LogP contribution in [0.25, 0.3) is 0 Å². The van der Waals surface area contributed by atoms with Crippen molar-refractivity contribution < 1.29 is 14.3 Å². The number of fused-ring (bicyclic) bond motifs is 1. The summed E-state index contributed by atoms with van der Waals surface area (Å²) in [5.41, 5.74) is 6.22. The van der Waals surface area contributed by atoms with Crippen LogP contribution in [0.3, 0.4) is 0 Å². The van der Waals surface area contributed by atoms with Crippen molar-refractivity contribution in [3.63, 3.8) is 0 Å². The minimum atomic E-state index is -0.293. The van der Waals surface area contributed by atoms with Crippen molar-refractivity contribution in [1.82, 2.24) is 5.32 Å². The van der Waals surface area contributed by atoms with Gasteiger partial charge in [-0.3, -0.25) is 4.79 Å². The Morgan fingerprint density at radius 3 is 2.84 bits per heavy atom. The number of rotatable bonds is 5. The van der Waals surface area contributed by atoms with Crippen LogP contribution in [0.1, 0.15) is 31.4 Å². The lowest BCUT2D eigenvalue weighted by Gasteiger charge is -2.16. The summed E-state index contributed by atoms with van der Waals surface area (Å²) in [5, 5.41) is 3.26. The van der Waals surface area contributed by atoms with E-state index in [0.717, 1.165) is 23.5 Å². The van der Waals surface area contributed by atoms with Crippen LogP contribution in [0.5, 0.6) is 11.5 Å². The predicted octanol–water partition coefficient (Wildman–Crippen LogP) is 1.37. The molecule has 1 heterocycles. The molecule has 5 nitrogen and oxygen atoms in total. The molecule has 0 fully saturated rings. The van der Waals surface area contributed by atoms with Gasteiger partial charge in [0.25, 0.3) is 0 Å². The Labute approximate surface area is 113 Å². The number of hydrogen-bond donors (Lipinski definition) is 2. The molecule has 1 unspecified atom stereocenters. The highest BCUT2D eigenvalue weighted by Crippen LogP contribution is 2.32. The first-order valence-corrected chi connectivity index (χ1v) is 6.58. The summed E-state index contributed by atoms with van der Waals surface area (Å²) in [5.74, 6) is 1.29. The minimum Gasteiger partial charge on any atom is -0.490 e. The Morgan fingerprint density at radius 1 is 1.37 bits per heavy atom. The highest BCUT2D eigenvalue weighted by atomic mass is 16.5. The summed E-state index contributed by atoms with van der Waals surface area (Å²) in [6, 6.07) is 6.07. The zero-order chi connectivity index (χ0) is 13.7. The fraction of sp³-hybridized carbons (Fsp3) is 0.500. The molecule has 5 heteroatoms. The third-order valence-corrected chi connectivity index (χ3v) is 3.09. The molecular formula is C14H20N2O3. The van der Waals surface area contributed by atoms with E-state index < -0.39 is 0 Å². The first-order chi connectivity index (χ1) is 9.16. The van der Waals surface area contributed by atoms with Crippen molar-refractivity contribution in [2.75, 3.05) is 19.8 Å². The lowest BCUT2D eigenvalue weighted by molar-refractivity contribution is -0.117. The number of nitrogens with two attached hydrogens (primary N) is 1. The van der Waals surface area contributed by atoms with E-state index in [-0.39, 0.29) is 11.9 Å². The highest BCUT2D eigenvalue weighted by Gasteiger charge is 2.13. The van der Waals surface area contributed by atoms with Gasteiger partial charge in [0.2, 0.25) is 5.91 Å². The maximum atomic E-state index is 10.7. The molecule has 19 heavy (non-hydrogen) atoms. The van der Waals surface area contributed by atoms with Gasteiger partial charge in [-0.15, -0.1) is 0 Å². The van der Waals surface area contributed by atoms with Crippen molar-refractivity contribution in [2.45, 2.75) is 25.8 Å². The molecule has 0 bridgehead atoms. The molecule has 0 saturated heterocycles. The van der Waals surface area contributed by atoms with E-state index in [1.54, 1.807) is 0 Å². The number of carbonyl (C=O) groups excluding carboxylic acids is 1. The van der Waals surface area contributed by atoms with Crippen LogP contribution in [-0.4, -0.2) is 25.7 Å². The third-order valence-electron chi connectivity index (χ3n) is 3.09. The van der Waals surface area contributed by atoms with Crippen molar-refractivity contribution >= 4 is 5.91 Å². The molecule has 0 saturated carbocycles. The normalized spacial score (nSPS) is 15.6. The lowest BCUT2D eigenvalue weighted by atomic mass is 10.1. The van der Waals surface area contributed by atoms with Crippen LogP contribution in [0, 0.1) is 0 Å². The number of hydrogen-bond acceptors (Lipinski definition) is 4. The van der Waals surface area contributed by atoms with Crippen LogP contribution in [0.4, 0.5) is 0 Å². The largest absolute Gasteiger partial charge is 0.490 e. The Kier molecular flexibility index (Phi) is 4.63. The second-order valence-electron chi connectivity index (χ2n) is 4.65. The summed E-state index contributed by atoms with van der Waals surface area (Å²) in [6.07, 6.45) is 1.24. The van der Waals surface area contributed by atoms with E-state index in [1.807, 2.05) is 25.1 Å². The van der Waals surface area contributed by atoms with Crippen LogP contribution in [0.15, 0.2) is 18.2 Å². The fourth-order valence-corrected chi connectivity index (χ4v) is 1.98. The SMILES string of the molecule is CC(NCCC(N)=O)c1ccc2c(c1)OCCCO2. The second-order valence-corrected chi connectivity index (χ2v) is 4.65. The third kappa shape index (κ3) is 3.86. The van der Waals surface area contributed by atoms with Gasteiger partial charge in [-0.2, -0.15) is 0 Å². The van der Waals surface area contributed by atoms with E-state index >= 15 is 0 Å². The number of nitrogens with one attached hydrogen (secondary N) is 1. The van der Waals surface area contributed by atoms with Gasteiger partial charge in [0, 0.05) is 25.4 Å². The molecule has 1 aromatic carbocycles. The summed E-state index contributed by atoms with van der Waals surface area (Å²) < 4.78 is 11.2. The maximum Gasteiger partial charge on any atom is 0.218 e. The van der Waals surface area contributed by atoms with Crippen molar-refractivity contribution in [3.05, 3.63) is 23.8 Å². The molecule has 1 aromatic rings. The lowest BCUT2D eigenvalue weighted by Crippen LogP contribution is -2.24. The number of ether oxygens (including phenoxy) is 2. The molecule has 1 amide bonds. The molecule has 0 aliphatic carbocycles. The average molecular weight is 264 g/mol. The van der Waals surface area contributed by atoms with Gasteiger partial charge in [0.05, 0.1) is 13.2 Å². The first-order valence-electron chi connectivity index (χ1n) is 6.58. The van der Waals surface area contributed by atoms with Crippen LogP contribution < -0.4 is 20.5 Å².